The third-order valence-electron chi connectivity index (χ3n) is 6.10. The highest BCUT2D eigenvalue weighted by Gasteiger charge is 2.34. The first kappa shape index (κ1) is 13.5. The SMILES string of the molecule is O=C1c2c(ccc3c2CCC3)C[C@@H]1Cc1ccc2c(c1)CCC2. The van der Waals surface area contributed by atoms with Crippen LogP contribution in [0.4, 0.5) is 0 Å². The van der Waals surface area contributed by atoms with Gasteiger partial charge < -0.3 is 0 Å². The molecule has 2 aromatic rings. The molecule has 1 heteroatoms. The van der Waals surface area contributed by atoms with E-state index >= 15 is 0 Å². The van der Waals surface area contributed by atoms with Crippen molar-refractivity contribution in [1.82, 2.24) is 0 Å². The van der Waals surface area contributed by atoms with Crippen LogP contribution in [-0.4, -0.2) is 5.78 Å². The first-order chi connectivity index (χ1) is 11.3. The molecule has 0 radical (unpaired) electrons. The third-order valence-corrected chi connectivity index (χ3v) is 6.10. The molecule has 0 aromatic heterocycles. The Hall–Kier alpha value is -1.89. The molecule has 3 aliphatic carbocycles. The second kappa shape index (κ2) is 5.06. The zero-order chi connectivity index (χ0) is 15.4. The van der Waals surface area contributed by atoms with E-state index in [1.165, 1.54) is 59.1 Å². The fraction of sp³-hybridized carbons (Fsp3) is 0.409. The molecule has 0 saturated carbocycles. The molecule has 3 aliphatic rings. The van der Waals surface area contributed by atoms with Crippen LogP contribution in [0.5, 0.6) is 0 Å². The lowest BCUT2D eigenvalue weighted by atomic mass is 9.93. The van der Waals surface area contributed by atoms with Crippen LogP contribution in [0.15, 0.2) is 30.3 Å². The highest BCUT2D eigenvalue weighted by atomic mass is 16.1. The molecule has 0 fully saturated rings. The predicted octanol–water partition coefficient (Wildman–Crippen LogP) is 4.26. The van der Waals surface area contributed by atoms with Crippen molar-refractivity contribution < 1.29 is 4.79 Å². The minimum Gasteiger partial charge on any atom is -0.294 e. The number of hydrogen-bond acceptors (Lipinski definition) is 1. The number of carbonyl (C=O) groups is 1. The van der Waals surface area contributed by atoms with E-state index in [-0.39, 0.29) is 5.92 Å². The molecular weight excluding hydrogens is 280 g/mol. The summed E-state index contributed by atoms with van der Waals surface area (Å²) in [4.78, 5) is 13.0. The van der Waals surface area contributed by atoms with Gasteiger partial charge >= 0.3 is 0 Å². The van der Waals surface area contributed by atoms with Crippen LogP contribution in [0.3, 0.4) is 0 Å². The Kier molecular flexibility index (Phi) is 2.98. The first-order valence-corrected chi connectivity index (χ1v) is 9.08. The van der Waals surface area contributed by atoms with Gasteiger partial charge in [0.15, 0.2) is 5.78 Å². The molecule has 23 heavy (non-hydrogen) atoms. The van der Waals surface area contributed by atoms with E-state index in [1.54, 1.807) is 0 Å². The molecule has 2 aromatic carbocycles. The van der Waals surface area contributed by atoms with Gasteiger partial charge in [-0.25, -0.2) is 0 Å². The van der Waals surface area contributed by atoms with Gasteiger partial charge in [-0.05, 0) is 84.7 Å². The predicted molar refractivity (Wildman–Crippen MR) is 92.2 cm³/mol. The Morgan fingerprint density at radius 3 is 2.52 bits per heavy atom. The van der Waals surface area contributed by atoms with Crippen molar-refractivity contribution in [1.29, 1.82) is 0 Å². The van der Waals surface area contributed by atoms with Crippen LogP contribution in [0.25, 0.3) is 0 Å². The lowest BCUT2D eigenvalue weighted by molar-refractivity contribution is 0.0935. The minimum atomic E-state index is 0.163. The largest absolute Gasteiger partial charge is 0.294 e. The monoisotopic (exact) mass is 302 g/mol. The van der Waals surface area contributed by atoms with Crippen molar-refractivity contribution in [3.63, 3.8) is 0 Å². The summed E-state index contributed by atoms with van der Waals surface area (Å²) in [5.41, 5.74) is 9.61. The summed E-state index contributed by atoms with van der Waals surface area (Å²) in [5, 5.41) is 0. The Labute approximate surface area is 137 Å². The zero-order valence-corrected chi connectivity index (χ0v) is 13.5. The molecule has 0 amide bonds. The molecular formula is C22H22O. The van der Waals surface area contributed by atoms with Crippen molar-refractivity contribution in [2.24, 2.45) is 5.92 Å². The maximum atomic E-state index is 13.0. The summed E-state index contributed by atoms with van der Waals surface area (Å²) >= 11 is 0. The van der Waals surface area contributed by atoms with Gasteiger partial charge in [0.2, 0.25) is 0 Å². The van der Waals surface area contributed by atoms with Gasteiger partial charge in [0.05, 0.1) is 0 Å². The highest BCUT2D eigenvalue weighted by Crippen LogP contribution is 2.37. The van der Waals surface area contributed by atoms with E-state index in [4.69, 9.17) is 0 Å². The summed E-state index contributed by atoms with van der Waals surface area (Å²) < 4.78 is 0. The lowest BCUT2D eigenvalue weighted by Crippen LogP contribution is -2.13. The third kappa shape index (κ3) is 2.09. The number of benzene rings is 2. The molecule has 5 rings (SSSR count). The number of fused-ring (bicyclic) bond motifs is 4. The Balaban J connectivity index is 1.44. The summed E-state index contributed by atoms with van der Waals surface area (Å²) in [6.45, 7) is 0. The summed E-state index contributed by atoms with van der Waals surface area (Å²) in [6, 6.07) is 11.4. The summed E-state index contributed by atoms with van der Waals surface area (Å²) in [7, 11) is 0. The average molecular weight is 302 g/mol. The van der Waals surface area contributed by atoms with Crippen molar-refractivity contribution >= 4 is 5.78 Å². The van der Waals surface area contributed by atoms with E-state index in [0.29, 0.717) is 5.78 Å². The van der Waals surface area contributed by atoms with Crippen molar-refractivity contribution in [2.45, 2.75) is 51.4 Å². The Bertz CT molecular complexity index is 815. The number of ketones is 1. The molecule has 1 atom stereocenters. The van der Waals surface area contributed by atoms with Gasteiger partial charge in [-0.15, -0.1) is 0 Å². The maximum absolute atomic E-state index is 13.0. The van der Waals surface area contributed by atoms with Crippen LogP contribution in [0.1, 0.15) is 56.6 Å². The molecule has 0 aliphatic heterocycles. The fourth-order valence-corrected chi connectivity index (χ4v) is 4.96. The van der Waals surface area contributed by atoms with Gasteiger partial charge in [-0.3, -0.25) is 4.79 Å². The summed E-state index contributed by atoms with van der Waals surface area (Å²) in [5.74, 6) is 0.579. The Morgan fingerprint density at radius 1 is 0.826 bits per heavy atom. The van der Waals surface area contributed by atoms with Gasteiger partial charge in [-0.2, -0.15) is 0 Å². The molecule has 116 valence electrons. The zero-order valence-electron chi connectivity index (χ0n) is 13.5. The van der Waals surface area contributed by atoms with Crippen molar-refractivity contribution in [3.05, 3.63) is 69.3 Å². The summed E-state index contributed by atoms with van der Waals surface area (Å²) in [6.07, 6.45) is 9.08. The highest BCUT2D eigenvalue weighted by molar-refractivity contribution is 6.04. The number of rotatable bonds is 2. The smallest absolute Gasteiger partial charge is 0.167 e. The maximum Gasteiger partial charge on any atom is 0.167 e. The van der Waals surface area contributed by atoms with Crippen LogP contribution < -0.4 is 0 Å². The second-order valence-electron chi connectivity index (χ2n) is 7.52. The lowest BCUT2D eigenvalue weighted by Gasteiger charge is -2.10. The second-order valence-corrected chi connectivity index (χ2v) is 7.52. The van der Waals surface area contributed by atoms with E-state index in [2.05, 4.69) is 30.3 Å². The Morgan fingerprint density at radius 2 is 1.57 bits per heavy atom. The van der Waals surface area contributed by atoms with Crippen LogP contribution in [0, 0.1) is 5.92 Å². The molecule has 0 spiro atoms. The van der Waals surface area contributed by atoms with Crippen molar-refractivity contribution in [3.8, 4) is 0 Å². The molecule has 0 heterocycles. The molecule has 0 saturated heterocycles. The minimum absolute atomic E-state index is 0.163. The van der Waals surface area contributed by atoms with E-state index < -0.39 is 0 Å². The topological polar surface area (TPSA) is 17.1 Å². The molecule has 0 unspecified atom stereocenters. The standard InChI is InChI=1S/C22H22O/c23-22-19(12-14-7-8-15-3-1-5-17(15)11-14)13-18-10-9-16-4-2-6-20(16)21(18)22/h7-11,19H,1-6,12-13H2/t19-/m0/s1. The quantitative estimate of drug-likeness (QED) is 0.810. The van der Waals surface area contributed by atoms with Crippen LogP contribution in [0.2, 0.25) is 0 Å². The van der Waals surface area contributed by atoms with Gasteiger partial charge in [0.25, 0.3) is 0 Å². The number of Topliss-reactive ketones (excluding diaryl/α,β-unsaturated/α-hetero) is 1. The van der Waals surface area contributed by atoms with Gasteiger partial charge in [0, 0.05) is 11.5 Å². The van der Waals surface area contributed by atoms with Gasteiger partial charge in [-0.1, -0.05) is 30.3 Å². The van der Waals surface area contributed by atoms with E-state index in [0.717, 1.165) is 31.2 Å². The normalized spacial score (nSPS) is 21.4. The van der Waals surface area contributed by atoms with E-state index in [9.17, 15) is 4.79 Å². The van der Waals surface area contributed by atoms with Gasteiger partial charge in [0.1, 0.15) is 0 Å². The molecule has 1 nitrogen and oxygen atoms in total. The molecule has 0 N–H and O–H groups in total. The first-order valence-electron chi connectivity index (χ1n) is 9.08. The van der Waals surface area contributed by atoms with E-state index in [1.807, 2.05) is 0 Å². The average Bonchev–Trinajstić information content (AvgIpc) is 3.26. The number of carbonyl (C=O) groups excluding carboxylic acids is 1. The number of aryl methyl sites for hydroxylation is 3. The molecule has 0 bridgehead atoms. The van der Waals surface area contributed by atoms with Crippen LogP contribution >= 0.6 is 0 Å². The van der Waals surface area contributed by atoms with Crippen LogP contribution in [-0.2, 0) is 38.5 Å². The van der Waals surface area contributed by atoms with Crippen molar-refractivity contribution in [2.75, 3.05) is 0 Å². The number of hydrogen-bond donors (Lipinski definition) is 0. The fourth-order valence-electron chi connectivity index (χ4n) is 4.96.